The van der Waals surface area contributed by atoms with Gasteiger partial charge >= 0.3 is 0 Å². The SMILES string of the molecule is CC/C=C/CNc1cc(N)ccn1. The highest BCUT2D eigenvalue weighted by Gasteiger charge is 1.90. The Morgan fingerprint density at radius 2 is 2.38 bits per heavy atom. The van der Waals surface area contributed by atoms with E-state index in [-0.39, 0.29) is 0 Å². The maximum Gasteiger partial charge on any atom is 0.128 e. The summed E-state index contributed by atoms with van der Waals surface area (Å²) < 4.78 is 0. The van der Waals surface area contributed by atoms with Crippen LogP contribution in [0.25, 0.3) is 0 Å². The molecule has 13 heavy (non-hydrogen) atoms. The molecule has 3 heteroatoms. The van der Waals surface area contributed by atoms with Crippen LogP contribution in [0.3, 0.4) is 0 Å². The molecule has 0 aliphatic heterocycles. The Morgan fingerprint density at radius 1 is 1.54 bits per heavy atom. The van der Waals surface area contributed by atoms with E-state index < -0.39 is 0 Å². The zero-order chi connectivity index (χ0) is 9.52. The van der Waals surface area contributed by atoms with Crippen molar-refractivity contribution in [3.63, 3.8) is 0 Å². The zero-order valence-electron chi connectivity index (χ0n) is 7.83. The van der Waals surface area contributed by atoms with E-state index in [1.807, 2.05) is 6.07 Å². The van der Waals surface area contributed by atoms with Gasteiger partial charge in [-0.15, -0.1) is 0 Å². The summed E-state index contributed by atoms with van der Waals surface area (Å²) in [5.74, 6) is 0.820. The van der Waals surface area contributed by atoms with Gasteiger partial charge in [0.15, 0.2) is 0 Å². The molecule has 3 N–H and O–H groups in total. The van der Waals surface area contributed by atoms with Crippen LogP contribution in [-0.2, 0) is 0 Å². The molecule has 0 bridgehead atoms. The molecule has 1 rings (SSSR count). The van der Waals surface area contributed by atoms with Gasteiger partial charge in [0.05, 0.1) is 0 Å². The van der Waals surface area contributed by atoms with Crippen LogP contribution in [0.4, 0.5) is 11.5 Å². The maximum atomic E-state index is 5.59. The Hall–Kier alpha value is -1.51. The standard InChI is InChI=1S/C10H15N3/c1-2-3-4-6-12-10-8-9(11)5-7-13-10/h3-5,7-8H,2,6H2,1H3,(H3,11,12,13)/b4-3+. The molecule has 0 fully saturated rings. The van der Waals surface area contributed by atoms with Crippen molar-refractivity contribution in [2.75, 3.05) is 17.6 Å². The molecule has 0 radical (unpaired) electrons. The van der Waals surface area contributed by atoms with Crippen LogP contribution >= 0.6 is 0 Å². The van der Waals surface area contributed by atoms with E-state index in [1.54, 1.807) is 12.3 Å². The number of nitrogens with zero attached hydrogens (tertiary/aromatic N) is 1. The summed E-state index contributed by atoms with van der Waals surface area (Å²) in [4.78, 5) is 4.11. The molecule has 1 heterocycles. The number of hydrogen-bond acceptors (Lipinski definition) is 3. The topological polar surface area (TPSA) is 50.9 Å². The van der Waals surface area contributed by atoms with Gasteiger partial charge in [-0.3, -0.25) is 0 Å². The number of allylic oxidation sites excluding steroid dienone is 1. The minimum absolute atomic E-state index is 0.733. The Bertz CT molecular complexity index is 281. The predicted octanol–water partition coefficient (Wildman–Crippen LogP) is 2.04. The number of nitrogen functional groups attached to an aromatic ring is 1. The third-order valence-electron chi connectivity index (χ3n) is 1.59. The summed E-state index contributed by atoms with van der Waals surface area (Å²) in [6, 6.07) is 3.59. The molecule has 0 amide bonds. The van der Waals surface area contributed by atoms with Crippen molar-refractivity contribution in [2.45, 2.75) is 13.3 Å². The lowest BCUT2D eigenvalue weighted by Crippen LogP contribution is -2.00. The van der Waals surface area contributed by atoms with Gasteiger partial charge in [-0.25, -0.2) is 4.98 Å². The van der Waals surface area contributed by atoms with Crippen LogP contribution in [0.1, 0.15) is 13.3 Å². The largest absolute Gasteiger partial charge is 0.399 e. The highest BCUT2D eigenvalue weighted by atomic mass is 15.0. The van der Waals surface area contributed by atoms with Crippen LogP contribution in [0.5, 0.6) is 0 Å². The summed E-state index contributed by atoms with van der Waals surface area (Å²) >= 11 is 0. The molecule has 3 nitrogen and oxygen atoms in total. The van der Waals surface area contributed by atoms with Crippen molar-refractivity contribution in [1.82, 2.24) is 4.98 Å². The quantitative estimate of drug-likeness (QED) is 0.692. The van der Waals surface area contributed by atoms with Gasteiger partial charge in [-0.05, 0) is 12.5 Å². The number of rotatable bonds is 4. The highest BCUT2D eigenvalue weighted by Crippen LogP contribution is 2.06. The summed E-state index contributed by atoms with van der Waals surface area (Å²) in [5, 5.41) is 3.14. The fourth-order valence-electron chi connectivity index (χ4n) is 0.957. The summed E-state index contributed by atoms with van der Waals surface area (Å²) in [6.45, 7) is 2.90. The van der Waals surface area contributed by atoms with Crippen molar-refractivity contribution < 1.29 is 0 Å². The lowest BCUT2D eigenvalue weighted by atomic mass is 10.4. The number of pyridine rings is 1. The van der Waals surface area contributed by atoms with E-state index in [2.05, 4.69) is 29.4 Å². The predicted molar refractivity (Wildman–Crippen MR) is 56.6 cm³/mol. The minimum atomic E-state index is 0.733. The van der Waals surface area contributed by atoms with Gasteiger partial charge < -0.3 is 11.1 Å². The number of nitrogens with two attached hydrogens (primary N) is 1. The van der Waals surface area contributed by atoms with Crippen LogP contribution < -0.4 is 11.1 Å². The molecule has 1 aromatic heterocycles. The Balaban J connectivity index is 2.41. The third-order valence-corrected chi connectivity index (χ3v) is 1.59. The first-order valence-corrected chi connectivity index (χ1v) is 4.43. The highest BCUT2D eigenvalue weighted by molar-refractivity contribution is 5.48. The fourth-order valence-corrected chi connectivity index (χ4v) is 0.957. The van der Waals surface area contributed by atoms with Gasteiger partial charge in [0.25, 0.3) is 0 Å². The molecule has 0 saturated heterocycles. The van der Waals surface area contributed by atoms with E-state index in [9.17, 15) is 0 Å². The van der Waals surface area contributed by atoms with E-state index >= 15 is 0 Å². The van der Waals surface area contributed by atoms with E-state index in [4.69, 9.17) is 5.73 Å². The molecule has 0 aromatic carbocycles. The van der Waals surface area contributed by atoms with E-state index in [0.29, 0.717) is 0 Å². The lowest BCUT2D eigenvalue weighted by Gasteiger charge is -2.01. The average Bonchev–Trinajstić information content (AvgIpc) is 2.13. The van der Waals surface area contributed by atoms with Crippen LogP contribution in [0.15, 0.2) is 30.5 Å². The second-order valence-corrected chi connectivity index (χ2v) is 2.73. The van der Waals surface area contributed by atoms with Crippen molar-refractivity contribution in [1.29, 1.82) is 0 Å². The normalized spacial score (nSPS) is 10.5. The second kappa shape index (κ2) is 5.19. The van der Waals surface area contributed by atoms with Crippen molar-refractivity contribution in [2.24, 2.45) is 0 Å². The minimum Gasteiger partial charge on any atom is -0.399 e. The van der Waals surface area contributed by atoms with E-state index in [0.717, 1.165) is 24.5 Å². The van der Waals surface area contributed by atoms with Crippen LogP contribution in [0, 0.1) is 0 Å². The second-order valence-electron chi connectivity index (χ2n) is 2.73. The number of anilines is 2. The first-order valence-electron chi connectivity index (χ1n) is 4.43. The lowest BCUT2D eigenvalue weighted by molar-refractivity contribution is 1.18. The Morgan fingerprint density at radius 3 is 3.08 bits per heavy atom. The summed E-state index contributed by atoms with van der Waals surface area (Å²) in [6.07, 6.45) is 6.94. The van der Waals surface area contributed by atoms with Crippen molar-refractivity contribution in [3.8, 4) is 0 Å². The average molecular weight is 177 g/mol. The summed E-state index contributed by atoms with van der Waals surface area (Å²) in [7, 11) is 0. The maximum absolute atomic E-state index is 5.59. The molecule has 0 aliphatic rings. The summed E-state index contributed by atoms with van der Waals surface area (Å²) in [5.41, 5.74) is 6.32. The fraction of sp³-hybridized carbons (Fsp3) is 0.300. The van der Waals surface area contributed by atoms with Crippen LogP contribution in [0.2, 0.25) is 0 Å². The zero-order valence-corrected chi connectivity index (χ0v) is 7.83. The molecule has 0 spiro atoms. The molecule has 0 unspecified atom stereocenters. The van der Waals surface area contributed by atoms with Gasteiger partial charge in [0.1, 0.15) is 5.82 Å². The van der Waals surface area contributed by atoms with Crippen molar-refractivity contribution in [3.05, 3.63) is 30.5 Å². The monoisotopic (exact) mass is 177 g/mol. The number of nitrogens with one attached hydrogen (secondary N) is 1. The third kappa shape index (κ3) is 3.60. The van der Waals surface area contributed by atoms with Gasteiger partial charge in [0, 0.05) is 24.5 Å². The Kier molecular flexibility index (Phi) is 3.82. The molecule has 0 aliphatic carbocycles. The van der Waals surface area contributed by atoms with Crippen LogP contribution in [-0.4, -0.2) is 11.5 Å². The van der Waals surface area contributed by atoms with Crippen molar-refractivity contribution >= 4 is 11.5 Å². The number of hydrogen-bond donors (Lipinski definition) is 2. The molecule has 1 aromatic rings. The number of aromatic nitrogens is 1. The smallest absolute Gasteiger partial charge is 0.128 e. The Labute approximate surface area is 78.7 Å². The van der Waals surface area contributed by atoms with Gasteiger partial charge in [-0.1, -0.05) is 19.1 Å². The molecular formula is C10H15N3. The first-order chi connectivity index (χ1) is 6.33. The van der Waals surface area contributed by atoms with Gasteiger partial charge in [0.2, 0.25) is 0 Å². The van der Waals surface area contributed by atoms with E-state index in [1.165, 1.54) is 0 Å². The molecule has 70 valence electrons. The molecule has 0 atom stereocenters. The molecule has 0 saturated carbocycles. The van der Waals surface area contributed by atoms with Gasteiger partial charge in [-0.2, -0.15) is 0 Å². The molecular weight excluding hydrogens is 162 g/mol. The first kappa shape index (κ1) is 9.58.